The number of aliphatic hydroxyl groups is 1. The second-order valence-corrected chi connectivity index (χ2v) is 12.1. The summed E-state index contributed by atoms with van der Waals surface area (Å²) in [5.74, 6) is -11.2. The van der Waals surface area contributed by atoms with Crippen molar-refractivity contribution in [1.82, 2.24) is 9.80 Å². The van der Waals surface area contributed by atoms with Gasteiger partial charge in [0.05, 0.1) is 24.1 Å². The van der Waals surface area contributed by atoms with Crippen LogP contribution in [0.2, 0.25) is 0 Å². The average molecular weight is 591 g/mol. The predicted molar refractivity (Wildman–Crippen MR) is 154 cm³/mol. The number of carbonyl (C=O) groups is 6. The normalized spacial score (nSPS) is 28.4. The topological polar surface area (TPSA) is 187 Å². The van der Waals surface area contributed by atoms with E-state index in [1.54, 1.807) is 49.3 Å². The van der Waals surface area contributed by atoms with E-state index in [-0.39, 0.29) is 36.6 Å². The standard InChI is InChI=1S/C31H34N4O8/c1-34(2)13-21(37)33-16-7-5-6-14(10-16)17-8-9-20(36)23-18(17)11-15-12-19-25(35(3)4)27(39)24(30(32)42)29(41)31(19,43)28(40)22(15)26(23)38/h5-10,15,19,22,24-25,36,43H,11-13H2,1-4H3,(H2,32,42)(H,33,37)/t15-,19-,22?,24?,25-,31-/m0/s1. The van der Waals surface area contributed by atoms with Gasteiger partial charge in [-0.05, 0) is 81.8 Å². The van der Waals surface area contributed by atoms with Crippen molar-refractivity contribution in [1.29, 1.82) is 0 Å². The average Bonchev–Trinajstić information content (AvgIpc) is 2.90. The number of fused-ring (bicyclic) bond motifs is 3. The highest BCUT2D eigenvalue weighted by molar-refractivity contribution is 6.32. The summed E-state index contributed by atoms with van der Waals surface area (Å²) in [6.45, 7) is 0.178. The van der Waals surface area contributed by atoms with Crippen LogP contribution < -0.4 is 11.1 Å². The van der Waals surface area contributed by atoms with E-state index in [0.29, 0.717) is 22.4 Å². The Morgan fingerprint density at radius 1 is 1.05 bits per heavy atom. The molecule has 43 heavy (non-hydrogen) atoms. The number of rotatable bonds is 6. The summed E-state index contributed by atoms with van der Waals surface area (Å²) in [4.78, 5) is 82.3. The molecular weight excluding hydrogens is 556 g/mol. The fourth-order valence-electron chi connectivity index (χ4n) is 7.13. The van der Waals surface area contributed by atoms with Gasteiger partial charge in [-0.25, -0.2) is 0 Å². The molecule has 2 aromatic carbocycles. The molecule has 2 unspecified atom stereocenters. The van der Waals surface area contributed by atoms with Crippen molar-refractivity contribution in [3.05, 3.63) is 47.5 Å². The molecule has 0 aliphatic heterocycles. The zero-order valence-corrected chi connectivity index (χ0v) is 24.3. The number of nitrogens with two attached hydrogens (primary N) is 1. The molecule has 12 heteroatoms. The minimum Gasteiger partial charge on any atom is -0.507 e. The van der Waals surface area contributed by atoms with Gasteiger partial charge in [-0.15, -0.1) is 0 Å². The zero-order chi connectivity index (χ0) is 31.5. The number of Topliss-reactive ketones (excluding diaryl/α,β-unsaturated/α-hetero) is 4. The fraction of sp³-hybridized carbons (Fsp3) is 0.419. The van der Waals surface area contributed by atoms with Crippen LogP contribution in [0, 0.1) is 23.7 Å². The van der Waals surface area contributed by atoms with Crippen molar-refractivity contribution >= 4 is 40.6 Å². The number of anilines is 1. The van der Waals surface area contributed by atoms with E-state index in [0.717, 1.165) is 0 Å². The summed E-state index contributed by atoms with van der Waals surface area (Å²) in [5.41, 5.74) is 4.76. The number of benzene rings is 2. The van der Waals surface area contributed by atoms with Crippen molar-refractivity contribution < 1.29 is 39.0 Å². The molecule has 2 amide bonds. The van der Waals surface area contributed by atoms with Gasteiger partial charge in [0.15, 0.2) is 34.7 Å². The minimum atomic E-state index is -2.77. The Balaban J connectivity index is 1.58. The monoisotopic (exact) mass is 590 g/mol. The molecule has 0 spiro atoms. The van der Waals surface area contributed by atoms with Crippen molar-refractivity contribution in [3.8, 4) is 16.9 Å². The third-order valence-electron chi connectivity index (χ3n) is 8.86. The van der Waals surface area contributed by atoms with E-state index >= 15 is 0 Å². The summed E-state index contributed by atoms with van der Waals surface area (Å²) >= 11 is 0. The Kier molecular flexibility index (Phi) is 7.57. The molecule has 0 heterocycles. The maximum atomic E-state index is 14.0. The van der Waals surface area contributed by atoms with E-state index < -0.39 is 64.4 Å². The number of hydrogen-bond donors (Lipinski definition) is 4. The summed E-state index contributed by atoms with van der Waals surface area (Å²) < 4.78 is 0. The number of ketones is 4. The van der Waals surface area contributed by atoms with Crippen LogP contribution in [0.4, 0.5) is 5.69 Å². The molecule has 12 nitrogen and oxygen atoms in total. The van der Waals surface area contributed by atoms with Gasteiger partial charge in [0.1, 0.15) is 5.75 Å². The van der Waals surface area contributed by atoms with Crippen molar-refractivity contribution in [2.24, 2.45) is 29.4 Å². The van der Waals surface area contributed by atoms with Crippen LogP contribution in [0.1, 0.15) is 22.3 Å². The Morgan fingerprint density at radius 2 is 1.74 bits per heavy atom. The van der Waals surface area contributed by atoms with Gasteiger partial charge in [-0.1, -0.05) is 18.2 Å². The van der Waals surface area contributed by atoms with E-state index in [2.05, 4.69) is 5.32 Å². The molecule has 2 saturated carbocycles. The molecule has 3 aliphatic carbocycles. The quantitative estimate of drug-likeness (QED) is 0.334. The summed E-state index contributed by atoms with van der Waals surface area (Å²) in [7, 11) is 6.62. The number of phenolic OH excluding ortho intramolecular Hbond substituents is 1. The van der Waals surface area contributed by atoms with E-state index in [9.17, 15) is 39.0 Å². The van der Waals surface area contributed by atoms with Crippen LogP contribution in [0.15, 0.2) is 36.4 Å². The first-order chi connectivity index (χ1) is 20.2. The highest BCUT2D eigenvalue weighted by Gasteiger charge is 2.69. The van der Waals surface area contributed by atoms with Crippen molar-refractivity contribution in [2.45, 2.75) is 24.5 Å². The first kappa shape index (κ1) is 30.2. The number of nitrogens with zero attached hydrogens (tertiary/aromatic N) is 2. The predicted octanol–water partition coefficient (Wildman–Crippen LogP) is 0.0341. The van der Waals surface area contributed by atoms with E-state index in [4.69, 9.17) is 5.73 Å². The Bertz CT molecular complexity index is 1580. The second-order valence-electron chi connectivity index (χ2n) is 12.1. The van der Waals surface area contributed by atoms with Crippen molar-refractivity contribution in [2.75, 3.05) is 40.1 Å². The number of phenols is 1. The molecule has 226 valence electrons. The molecular formula is C31H34N4O8. The zero-order valence-electron chi connectivity index (χ0n) is 24.3. The van der Waals surface area contributed by atoms with Gasteiger partial charge in [-0.3, -0.25) is 33.7 Å². The highest BCUT2D eigenvalue weighted by Crippen LogP contribution is 2.51. The maximum absolute atomic E-state index is 14.0. The maximum Gasteiger partial charge on any atom is 0.238 e. The number of aromatic hydroxyl groups is 1. The SMILES string of the molecule is CN(C)CC(=O)Nc1cccc(-c2ccc(O)c3c2C[C@H]2C[C@H]4[C@H](N(C)C)C(=O)C(C(N)=O)C(=O)[C@@]4(O)C(=O)C2C3=O)c1. The number of nitrogens with one attached hydrogen (secondary N) is 1. The molecule has 0 bridgehead atoms. The lowest BCUT2D eigenvalue weighted by Gasteiger charge is -2.52. The van der Waals surface area contributed by atoms with Gasteiger partial charge in [0.2, 0.25) is 11.8 Å². The number of likely N-dealkylation sites (N-methyl/N-ethyl adjacent to an activating group) is 2. The fourth-order valence-corrected chi connectivity index (χ4v) is 7.13. The van der Waals surface area contributed by atoms with Gasteiger partial charge >= 0.3 is 0 Å². The smallest absolute Gasteiger partial charge is 0.238 e. The van der Waals surface area contributed by atoms with Crippen LogP contribution in [0.5, 0.6) is 5.75 Å². The number of primary amides is 1. The third kappa shape index (κ3) is 4.75. The number of carbonyl (C=O) groups excluding carboxylic acids is 6. The number of amides is 2. The highest BCUT2D eigenvalue weighted by atomic mass is 16.3. The molecule has 5 N–H and O–H groups in total. The molecule has 0 aromatic heterocycles. The lowest BCUT2D eigenvalue weighted by Crippen LogP contribution is -2.74. The minimum absolute atomic E-state index is 0.0420. The largest absolute Gasteiger partial charge is 0.507 e. The van der Waals surface area contributed by atoms with E-state index in [1.807, 2.05) is 0 Å². The van der Waals surface area contributed by atoms with Gasteiger partial charge < -0.3 is 26.2 Å². The lowest BCUT2D eigenvalue weighted by atomic mass is 9.52. The molecule has 5 rings (SSSR count). The van der Waals surface area contributed by atoms with Crippen LogP contribution >= 0.6 is 0 Å². The van der Waals surface area contributed by atoms with Gasteiger partial charge in [-0.2, -0.15) is 0 Å². The molecule has 6 atom stereocenters. The Hall–Kier alpha value is -4.26. The van der Waals surface area contributed by atoms with Crippen LogP contribution in [0.3, 0.4) is 0 Å². The van der Waals surface area contributed by atoms with Crippen LogP contribution in [-0.2, 0) is 30.4 Å². The van der Waals surface area contributed by atoms with Gasteiger partial charge in [0.25, 0.3) is 0 Å². The molecule has 3 aliphatic rings. The summed E-state index contributed by atoms with van der Waals surface area (Å²) in [6.07, 6.45) is 0.0897. The first-order valence-electron chi connectivity index (χ1n) is 13.9. The first-order valence-corrected chi connectivity index (χ1v) is 13.9. The van der Waals surface area contributed by atoms with Crippen LogP contribution in [0.25, 0.3) is 11.1 Å². The van der Waals surface area contributed by atoms with Gasteiger partial charge in [0, 0.05) is 11.6 Å². The molecule has 2 aromatic rings. The Morgan fingerprint density at radius 3 is 2.37 bits per heavy atom. The molecule has 0 saturated heterocycles. The third-order valence-corrected chi connectivity index (χ3v) is 8.86. The summed E-state index contributed by atoms with van der Waals surface area (Å²) in [5, 5.41) is 25.4. The Labute approximate surface area is 247 Å². The summed E-state index contributed by atoms with van der Waals surface area (Å²) in [6, 6.07) is 8.82. The second kappa shape index (κ2) is 10.8. The number of hydrogen-bond acceptors (Lipinski definition) is 10. The van der Waals surface area contributed by atoms with E-state index in [1.165, 1.54) is 25.1 Å². The van der Waals surface area contributed by atoms with Crippen molar-refractivity contribution in [3.63, 3.8) is 0 Å². The lowest BCUT2D eigenvalue weighted by molar-refractivity contribution is -0.181. The molecule has 0 radical (unpaired) electrons. The van der Waals surface area contributed by atoms with Crippen LogP contribution in [-0.4, -0.2) is 101 Å². The molecule has 2 fully saturated rings.